The van der Waals surface area contributed by atoms with Crippen molar-refractivity contribution in [3.63, 3.8) is 0 Å². The summed E-state index contributed by atoms with van der Waals surface area (Å²) in [6.07, 6.45) is 2.10. The molecule has 0 aliphatic carbocycles. The van der Waals surface area contributed by atoms with Crippen LogP contribution in [0.4, 0.5) is 5.69 Å². The molecule has 8 nitrogen and oxygen atoms in total. The van der Waals surface area contributed by atoms with E-state index in [1.54, 1.807) is 22.9 Å². The Bertz CT molecular complexity index is 1500. The van der Waals surface area contributed by atoms with Crippen LogP contribution in [0.1, 0.15) is 5.56 Å². The summed E-state index contributed by atoms with van der Waals surface area (Å²) in [6, 6.07) is 20.2. The van der Waals surface area contributed by atoms with Crippen LogP contribution >= 0.6 is 0 Å². The minimum Gasteiger partial charge on any atom is -0.478 e. The van der Waals surface area contributed by atoms with E-state index in [9.17, 15) is 4.79 Å². The molecule has 2 aliphatic rings. The molecule has 0 amide bonds. The smallest absolute Gasteiger partial charge is 0.351 e. The van der Waals surface area contributed by atoms with Crippen molar-refractivity contribution in [2.45, 2.75) is 19.1 Å². The van der Waals surface area contributed by atoms with E-state index in [0.717, 1.165) is 28.9 Å². The van der Waals surface area contributed by atoms with E-state index in [4.69, 9.17) is 14.2 Å². The zero-order valence-corrected chi connectivity index (χ0v) is 20.2. The molecule has 0 spiro atoms. The number of benzene rings is 2. The molecular formula is C28H26N4O4. The summed E-state index contributed by atoms with van der Waals surface area (Å²) in [4.78, 5) is 23.2. The number of anilines is 1. The Balaban J connectivity index is 1.27. The molecule has 0 saturated heterocycles. The number of fused-ring (bicyclic) bond motifs is 4. The third-order valence-electron chi connectivity index (χ3n) is 6.52. The molecule has 6 rings (SSSR count). The highest BCUT2D eigenvalue weighted by Gasteiger charge is 2.24. The van der Waals surface area contributed by atoms with Crippen molar-refractivity contribution in [1.82, 2.24) is 14.5 Å². The molecule has 0 bridgehead atoms. The van der Waals surface area contributed by atoms with Crippen molar-refractivity contribution in [2.24, 2.45) is 0 Å². The Morgan fingerprint density at radius 3 is 2.86 bits per heavy atom. The summed E-state index contributed by atoms with van der Waals surface area (Å²) in [6.45, 7) is 1.10. The third-order valence-corrected chi connectivity index (χ3v) is 6.52. The highest BCUT2D eigenvalue weighted by molar-refractivity contribution is 5.81. The fraction of sp³-hybridized carbons (Fsp3) is 0.250. The second-order valence-electron chi connectivity index (χ2n) is 9.12. The van der Waals surface area contributed by atoms with Gasteiger partial charge in [-0.1, -0.05) is 36.4 Å². The number of rotatable bonds is 5. The molecule has 0 fully saturated rings. The lowest BCUT2D eigenvalue weighted by atomic mass is 9.92. The Kier molecular flexibility index (Phi) is 5.56. The molecule has 36 heavy (non-hydrogen) atoms. The first-order valence-corrected chi connectivity index (χ1v) is 12.0. The fourth-order valence-corrected chi connectivity index (χ4v) is 4.78. The fourth-order valence-electron chi connectivity index (χ4n) is 4.78. The van der Waals surface area contributed by atoms with Crippen LogP contribution in [0.15, 0.2) is 71.7 Å². The van der Waals surface area contributed by atoms with E-state index in [-0.39, 0.29) is 24.3 Å². The highest BCUT2D eigenvalue weighted by atomic mass is 16.6. The summed E-state index contributed by atoms with van der Waals surface area (Å²) in [7, 11) is 4.10. The Morgan fingerprint density at radius 1 is 1.08 bits per heavy atom. The minimum absolute atomic E-state index is 0.206. The first kappa shape index (κ1) is 22.2. The van der Waals surface area contributed by atoms with Gasteiger partial charge in [0.1, 0.15) is 13.2 Å². The van der Waals surface area contributed by atoms with Crippen molar-refractivity contribution in [2.75, 3.05) is 32.2 Å². The number of pyridine rings is 1. The molecule has 8 heteroatoms. The summed E-state index contributed by atoms with van der Waals surface area (Å²) in [5, 5.41) is 0. The summed E-state index contributed by atoms with van der Waals surface area (Å²) >= 11 is 0. The Labute approximate surface area is 208 Å². The van der Waals surface area contributed by atoms with Gasteiger partial charge in [-0.05, 0) is 35.7 Å². The van der Waals surface area contributed by atoms with Crippen molar-refractivity contribution in [3.8, 4) is 39.9 Å². The van der Waals surface area contributed by atoms with Gasteiger partial charge in [-0.25, -0.2) is 9.78 Å². The quantitative estimate of drug-likeness (QED) is 0.428. The lowest BCUT2D eigenvalue weighted by molar-refractivity contribution is 0.0486. The van der Waals surface area contributed by atoms with E-state index in [0.29, 0.717) is 24.8 Å². The lowest BCUT2D eigenvalue weighted by Gasteiger charge is -2.26. The number of aryl methyl sites for hydroxylation is 1. The molecule has 1 unspecified atom stereocenters. The molecule has 4 heterocycles. The normalized spacial score (nSPS) is 15.6. The van der Waals surface area contributed by atoms with E-state index in [1.165, 1.54) is 11.1 Å². The number of para-hydroxylation sites is 1. The van der Waals surface area contributed by atoms with E-state index < -0.39 is 0 Å². The van der Waals surface area contributed by atoms with Crippen molar-refractivity contribution >= 4 is 5.69 Å². The van der Waals surface area contributed by atoms with Crippen LogP contribution in [0.25, 0.3) is 22.4 Å². The van der Waals surface area contributed by atoms with Crippen LogP contribution in [0.5, 0.6) is 17.5 Å². The molecule has 1 atom stereocenters. The van der Waals surface area contributed by atoms with Crippen LogP contribution in [-0.4, -0.2) is 47.9 Å². The van der Waals surface area contributed by atoms with Crippen LogP contribution in [0, 0.1) is 0 Å². The van der Waals surface area contributed by atoms with Gasteiger partial charge in [0.25, 0.3) is 5.88 Å². The average molecular weight is 483 g/mol. The highest BCUT2D eigenvalue weighted by Crippen LogP contribution is 2.36. The molecule has 2 aromatic heterocycles. The molecule has 0 radical (unpaired) electrons. The number of ether oxygens (including phenoxy) is 3. The molecule has 182 valence electrons. The van der Waals surface area contributed by atoms with Crippen LogP contribution < -0.4 is 24.8 Å². The zero-order valence-electron chi connectivity index (χ0n) is 20.2. The van der Waals surface area contributed by atoms with Crippen molar-refractivity contribution in [1.29, 1.82) is 0 Å². The first-order chi connectivity index (χ1) is 17.6. The second kappa shape index (κ2) is 9.03. The van der Waals surface area contributed by atoms with Gasteiger partial charge < -0.3 is 19.1 Å². The maximum atomic E-state index is 12.8. The standard InChI is InChI=1S/C28H26N4O4/c1-31(2)23-7-4-3-6-21(23)18-9-10-22-19(14-18)11-13-32-24(22)15-26(30-28(32)33)34-16-20-17-35-27-25(36-20)8-5-12-29-27/h3-10,12,14-15,20H,11,13,16-17H2,1-2H3. The van der Waals surface area contributed by atoms with E-state index in [2.05, 4.69) is 71.4 Å². The molecular weight excluding hydrogens is 456 g/mol. The van der Waals surface area contributed by atoms with Gasteiger partial charge in [-0.2, -0.15) is 4.98 Å². The average Bonchev–Trinajstić information content (AvgIpc) is 2.91. The monoisotopic (exact) mass is 482 g/mol. The topological polar surface area (TPSA) is 78.7 Å². The van der Waals surface area contributed by atoms with Gasteiger partial charge >= 0.3 is 5.69 Å². The number of hydrogen-bond donors (Lipinski definition) is 0. The van der Waals surface area contributed by atoms with Gasteiger partial charge in [0.2, 0.25) is 5.88 Å². The summed E-state index contributed by atoms with van der Waals surface area (Å²) in [5.74, 6) is 1.33. The summed E-state index contributed by atoms with van der Waals surface area (Å²) < 4.78 is 19.2. The van der Waals surface area contributed by atoms with Crippen LogP contribution in [-0.2, 0) is 13.0 Å². The van der Waals surface area contributed by atoms with Crippen molar-refractivity contribution in [3.05, 3.63) is 82.9 Å². The minimum atomic E-state index is -0.325. The molecule has 2 aliphatic heterocycles. The van der Waals surface area contributed by atoms with Crippen LogP contribution in [0.3, 0.4) is 0 Å². The van der Waals surface area contributed by atoms with Crippen molar-refractivity contribution < 1.29 is 14.2 Å². The predicted molar refractivity (Wildman–Crippen MR) is 137 cm³/mol. The van der Waals surface area contributed by atoms with Crippen LogP contribution in [0.2, 0.25) is 0 Å². The maximum Gasteiger partial charge on any atom is 0.351 e. The van der Waals surface area contributed by atoms with E-state index >= 15 is 0 Å². The first-order valence-electron chi connectivity index (χ1n) is 12.0. The largest absolute Gasteiger partial charge is 0.478 e. The molecule has 2 aromatic carbocycles. The van der Waals surface area contributed by atoms with Gasteiger partial charge in [0.15, 0.2) is 11.9 Å². The number of aromatic nitrogens is 3. The molecule has 4 aromatic rings. The predicted octanol–water partition coefficient (Wildman–Crippen LogP) is 3.81. The number of nitrogens with zero attached hydrogens (tertiary/aromatic N) is 4. The molecule has 0 N–H and O–H groups in total. The number of hydrogen-bond acceptors (Lipinski definition) is 7. The van der Waals surface area contributed by atoms with Gasteiger partial charge in [0, 0.05) is 49.7 Å². The van der Waals surface area contributed by atoms with E-state index in [1.807, 2.05) is 6.07 Å². The van der Waals surface area contributed by atoms with Gasteiger partial charge in [0.05, 0.1) is 5.69 Å². The van der Waals surface area contributed by atoms with Gasteiger partial charge in [-0.15, -0.1) is 0 Å². The second-order valence-corrected chi connectivity index (χ2v) is 9.12. The zero-order chi connectivity index (χ0) is 24.6. The Morgan fingerprint density at radius 2 is 1.97 bits per heavy atom. The maximum absolute atomic E-state index is 12.8. The Hall–Kier alpha value is -4.33. The van der Waals surface area contributed by atoms with Gasteiger partial charge in [-0.3, -0.25) is 4.57 Å². The lowest BCUT2D eigenvalue weighted by Crippen LogP contribution is -2.35. The SMILES string of the molecule is CN(C)c1ccccc1-c1ccc2c(c1)CCn1c-2cc(OCC2COc3ncccc3O2)nc1=O. The molecule has 0 saturated carbocycles. The third kappa shape index (κ3) is 4.04. The summed E-state index contributed by atoms with van der Waals surface area (Å²) in [5.41, 5.74) is 6.22.